The van der Waals surface area contributed by atoms with Gasteiger partial charge in [-0.05, 0) is 31.5 Å². The third-order valence-corrected chi connectivity index (χ3v) is 4.12. The van der Waals surface area contributed by atoms with Crippen molar-refractivity contribution in [2.75, 3.05) is 26.2 Å². The number of furan rings is 1. The molecule has 3 heterocycles. The second-order valence-electron chi connectivity index (χ2n) is 5.25. The van der Waals surface area contributed by atoms with Crippen LogP contribution in [0.25, 0.3) is 0 Å². The molecule has 0 bridgehead atoms. The van der Waals surface area contributed by atoms with E-state index in [4.69, 9.17) is 4.42 Å². The van der Waals surface area contributed by atoms with Crippen molar-refractivity contribution in [3.05, 3.63) is 24.2 Å². The molecule has 2 atom stereocenters. The average molecular weight is 252 g/mol. The molecule has 0 radical (unpaired) electrons. The number of hydrogen-bond acceptors (Lipinski definition) is 3. The van der Waals surface area contributed by atoms with Gasteiger partial charge in [-0.1, -0.05) is 0 Å². The molecule has 2 aliphatic heterocycles. The van der Waals surface area contributed by atoms with Gasteiger partial charge in [0, 0.05) is 25.0 Å². The van der Waals surface area contributed by atoms with E-state index in [-0.39, 0.29) is 11.3 Å². The summed E-state index contributed by atoms with van der Waals surface area (Å²) in [6.45, 7) is 2.49. The first kappa shape index (κ1) is 11.7. The normalized spacial score (nSPS) is 32.1. The Morgan fingerprint density at radius 3 is 3.22 bits per heavy atom. The molecule has 2 fully saturated rings. The number of carbonyl (C=O) groups excluding carboxylic acids is 1. The number of nitrogens with zero attached hydrogens (tertiary/aromatic N) is 1. The minimum Gasteiger partial charge on any atom is -0.459 e. The molecule has 1 N–H and O–H groups in total. The molecule has 0 aromatic carbocycles. The summed E-state index contributed by atoms with van der Waals surface area (Å²) in [5.41, 5.74) is -0.388. The maximum atomic E-state index is 14.1. The minimum absolute atomic E-state index is 0.130. The van der Waals surface area contributed by atoms with Crippen LogP contribution >= 0.6 is 0 Å². The Morgan fingerprint density at radius 2 is 2.50 bits per heavy atom. The van der Waals surface area contributed by atoms with E-state index in [1.807, 2.05) is 0 Å². The van der Waals surface area contributed by atoms with E-state index in [9.17, 15) is 9.18 Å². The number of alkyl halides is 1. The number of carbonyl (C=O) groups is 1. The van der Waals surface area contributed by atoms with Gasteiger partial charge in [-0.2, -0.15) is 0 Å². The van der Waals surface area contributed by atoms with Gasteiger partial charge in [0.1, 0.15) is 6.17 Å². The second kappa shape index (κ2) is 4.39. The zero-order valence-corrected chi connectivity index (χ0v) is 10.2. The van der Waals surface area contributed by atoms with Crippen LogP contribution in [0.1, 0.15) is 23.4 Å². The lowest BCUT2D eigenvalue weighted by molar-refractivity contribution is 0.0603. The number of halogens is 1. The Balaban J connectivity index is 1.73. The standard InChI is InChI=1S/C13H17FN2O2/c14-11-3-5-15-8-13(11)4-6-16(9-13)12(17)10-2-1-7-18-10/h1-2,7,11,15H,3-6,8-9H2/t11-,13-/m0/s1. The van der Waals surface area contributed by atoms with Crippen LogP contribution < -0.4 is 5.32 Å². The quantitative estimate of drug-likeness (QED) is 0.822. The summed E-state index contributed by atoms with van der Waals surface area (Å²) < 4.78 is 19.2. The Hall–Kier alpha value is -1.36. The predicted octanol–water partition coefficient (Wildman–Crippen LogP) is 1.44. The zero-order valence-electron chi connectivity index (χ0n) is 10.2. The summed E-state index contributed by atoms with van der Waals surface area (Å²) in [5.74, 6) is 0.209. The van der Waals surface area contributed by atoms with E-state index in [0.29, 0.717) is 31.8 Å². The SMILES string of the molecule is O=C(c1ccco1)N1CC[C@]2(CNCC[C@@H]2F)C1. The van der Waals surface area contributed by atoms with Crippen LogP contribution in [0.4, 0.5) is 4.39 Å². The average Bonchev–Trinajstić information content (AvgIpc) is 3.03. The lowest BCUT2D eigenvalue weighted by Gasteiger charge is -2.36. The molecular formula is C13H17FN2O2. The van der Waals surface area contributed by atoms with Gasteiger partial charge in [0.25, 0.3) is 5.91 Å². The first-order valence-corrected chi connectivity index (χ1v) is 6.39. The van der Waals surface area contributed by atoms with Gasteiger partial charge in [0.2, 0.25) is 0 Å². The summed E-state index contributed by atoms with van der Waals surface area (Å²) in [6, 6.07) is 3.35. The van der Waals surface area contributed by atoms with E-state index >= 15 is 0 Å². The molecule has 1 aromatic heterocycles. The zero-order chi connectivity index (χ0) is 12.6. The Bertz CT molecular complexity index is 434. The van der Waals surface area contributed by atoms with Gasteiger partial charge in [-0.25, -0.2) is 4.39 Å². The van der Waals surface area contributed by atoms with Crippen molar-refractivity contribution >= 4 is 5.91 Å². The first-order chi connectivity index (χ1) is 8.71. The van der Waals surface area contributed by atoms with Crippen molar-refractivity contribution in [2.45, 2.75) is 19.0 Å². The van der Waals surface area contributed by atoms with Gasteiger partial charge < -0.3 is 14.6 Å². The van der Waals surface area contributed by atoms with Crippen LogP contribution in [-0.4, -0.2) is 43.2 Å². The minimum atomic E-state index is -0.812. The fraction of sp³-hybridized carbons (Fsp3) is 0.615. The Morgan fingerprint density at radius 1 is 1.61 bits per heavy atom. The fourth-order valence-corrected chi connectivity index (χ4v) is 3.01. The maximum Gasteiger partial charge on any atom is 0.289 e. The van der Waals surface area contributed by atoms with Crippen molar-refractivity contribution in [3.63, 3.8) is 0 Å². The third-order valence-electron chi connectivity index (χ3n) is 4.12. The molecule has 2 saturated heterocycles. The second-order valence-corrected chi connectivity index (χ2v) is 5.25. The van der Waals surface area contributed by atoms with Crippen LogP contribution in [0.15, 0.2) is 22.8 Å². The number of likely N-dealkylation sites (tertiary alicyclic amines) is 1. The van der Waals surface area contributed by atoms with Crippen LogP contribution in [0, 0.1) is 5.41 Å². The lowest BCUT2D eigenvalue weighted by atomic mass is 9.78. The largest absolute Gasteiger partial charge is 0.459 e. The molecule has 1 amide bonds. The summed E-state index contributed by atoms with van der Waals surface area (Å²) in [4.78, 5) is 13.8. The van der Waals surface area contributed by atoms with Crippen molar-refractivity contribution in [1.29, 1.82) is 0 Å². The number of nitrogens with one attached hydrogen (secondary N) is 1. The van der Waals surface area contributed by atoms with Crippen LogP contribution in [0.3, 0.4) is 0 Å². The molecule has 4 nitrogen and oxygen atoms in total. The van der Waals surface area contributed by atoms with Crippen molar-refractivity contribution in [3.8, 4) is 0 Å². The van der Waals surface area contributed by atoms with Crippen molar-refractivity contribution < 1.29 is 13.6 Å². The topological polar surface area (TPSA) is 45.5 Å². The molecule has 98 valence electrons. The van der Waals surface area contributed by atoms with Crippen molar-refractivity contribution in [2.24, 2.45) is 5.41 Å². The molecule has 0 saturated carbocycles. The van der Waals surface area contributed by atoms with Gasteiger partial charge in [0.05, 0.1) is 6.26 Å². The predicted molar refractivity (Wildman–Crippen MR) is 64.0 cm³/mol. The fourth-order valence-electron chi connectivity index (χ4n) is 3.01. The number of hydrogen-bond donors (Lipinski definition) is 1. The molecule has 0 aliphatic carbocycles. The molecule has 1 spiro atoms. The summed E-state index contributed by atoms with van der Waals surface area (Å²) >= 11 is 0. The first-order valence-electron chi connectivity index (χ1n) is 6.39. The highest BCUT2D eigenvalue weighted by molar-refractivity contribution is 5.91. The maximum absolute atomic E-state index is 14.1. The molecule has 1 aromatic rings. The monoisotopic (exact) mass is 252 g/mol. The van der Waals surface area contributed by atoms with E-state index in [0.717, 1.165) is 13.0 Å². The van der Waals surface area contributed by atoms with Crippen LogP contribution in [-0.2, 0) is 0 Å². The molecule has 18 heavy (non-hydrogen) atoms. The molecule has 3 rings (SSSR count). The Labute approximate surface area is 105 Å². The smallest absolute Gasteiger partial charge is 0.289 e. The van der Waals surface area contributed by atoms with Crippen LogP contribution in [0.2, 0.25) is 0 Å². The molecule has 5 heteroatoms. The van der Waals surface area contributed by atoms with Gasteiger partial charge >= 0.3 is 0 Å². The van der Waals surface area contributed by atoms with Gasteiger partial charge in [0.15, 0.2) is 5.76 Å². The van der Waals surface area contributed by atoms with Crippen LogP contribution in [0.5, 0.6) is 0 Å². The van der Waals surface area contributed by atoms with Gasteiger partial charge in [-0.3, -0.25) is 4.79 Å². The summed E-state index contributed by atoms with van der Waals surface area (Å²) in [5, 5.41) is 3.24. The van der Waals surface area contributed by atoms with E-state index in [1.165, 1.54) is 6.26 Å². The summed E-state index contributed by atoms with van der Waals surface area (Å²) in [7, 11) is 0. The van der Waals surface area contributed by atoms with Crippen molar-refractivity contribution in [1.82, 2.24) is 10.2 Å². The van der Waals surface area contributed by atoms with E-state index in [2.05, 4.69) is 5.32 Å². The van der Waals surface area contributed by atoms with Gasteiger partial charge in [-0.15, -0.1) is 0 Å². The van der Waals surface area contributed by atoms with E-state index < -0.39 is 6.17 Å². The Kier molecular flexibility index (Phi) is 2.86. The summed E-state index contributed by atoms with van der Waals surface area (Å²) in [6.07, 6.45) is 1.95. The lowest BCUT2D eigenvalue weighted by Crippen LogP contribution is -2.50. The highest BCUT2D eigenvalue weighted by atomic mass is 19.1. The molecule has 0 unspecified atom stereocenters. The molecular weight excluding hydrogens is 235 g/mol. The molecule has 2 aliphatic rings. The highest BCUT2D eigenvalue weighted by Gasteiger charge is 2.47. The number of piperidine rings is 1. The van der Waals surface area contributed by atoms with E-state index in [1.54, 1.807) is 17.0 Å². The highest BCUT2D eigenvalue weighted by Crippen LogP contribution is 2.39. The number of amides is 1. The third kappa shape index (κ3) is 1.82. The number of rotatable bonds is 1.